The Hall–Kier alpha value is -1.61. The summed E-state index contributed by atoms with van der Waals surface area (Å²) in [7, 11) is 0. The van der Waals surface area contributed by atoms with Crippen molar-refractivity contribution in [3.8, 4) is 0 Å². The molecule has 3 nitrogen and oxygen atoms in total. The van der Waals surface area contributed by atoms with Gasteiger partial charge in [-0.15, -0.1) is 0 Å². The minimum absolute atomic E-state index is 0.0562. The molecule has 0 atom stereocenters. The van der Waals surface area contributed by atoms with Gasteiger partial charge in [0.1, 0.15) is 5.58 Å². The maximum Gasteiger partial charge on any atom is 0.217 e. The van der Waals surface area contributed by atoms with E-state index in [0.717, 1.165) is 35.8 Å². The molecule has 1 heterocycles. The van der Waals surface area contributed by atoms with Crippen LogP contribution in [0.2, 0.25) is 0 Å². The van der Waals surface area contributed by atoms with Crippen LogP contribution in [0.1, 0.15) is 35.4 Å². The number of Topliss-reactive ketones (excluding diaryl/α,β-unsaturated/α-hetero) is 1. The zero-order valence-corrected chi connectivity index (χ0v) is 9.82. The summed E-state index contributed by atoms with van der Waals surface area (Å²) in [4.78, 5) is 12.2. The standard InChI is InChI=1S/C14H15NO2/c1-9-4-2-5-10-8-11(17-12(9)10)13(16)14(15)6-3-7-14/h2,4-5,8H,3,6-7,15H2,1H3. The Labute approximate surface area is 99.6 Å². The van der Waals surface area contributed by atoms with Crippen LogP contribution in [0.3, 0.4) is 0 Å². The number of hydrogen-bond acceptors (Lipinski definition) is 3. The first-order chi connectivity index (χ1) is 8.10. The van der Waals surface area contributed by atoms with Crippen molar-refractivity contribution in [1.82, 2.24) is 0 Å². The minimum atomic E-state index is -0.679. The summed E-state index contributed by atoms with van der Waals surface area (Å²) >= 11 is 0. The van der Waals surface area contributed by atoms with E-state index < -0.39 is 5.54 Å². The van der Waals surface area contributed by atoms with Crippen LogP contribution in [0.5, 0.6) is 0 Å². The largest absolute Gasteiger partial charge is 0.453 e. The van der Waals surface area contributed by atoms with E-state index in [1.54, 1.807) is 6.07 Å². The van der Waals surface area contributed by atoms with Crippen molar-refractivity contribution in [2.24, 2.45) is 5.73 Å². The summed E-state index contributed by atoms with van der Waals surface area (Å²) < 4.78 is 5.65. The zero-order valence-electron chi connectivity index (χ0n) is 9.82. The van der Waals surface area contributed by atoms with Gasteiger partial charge in [-0.2, -0.15) is 0 Å². The third kappa shape index (κ3) is 1.50. The van der Waals surface area contributed by atoms with Crippen molar-refractivity contribution in [3.05, 3.63) is 35.6 Å². The second-order valence-electron chi connectivity index (χ2n) is 4.94. The lowest BCUT2D eigenvalue weighted by molar-refractivity contribution is 0.0773. The highest BCUT2D eigenvalue weighted by atomic mass is 16.3. The Kier molecular flexibility index (Phi) is 2.13. The van der Waals surface area contributed by atoms with Gasteiger partial charge in [0.25, 0.3) is 0 Å². The number of carbonyl (C=O) groups is 1. The van der Waals surface area contributed by atoms with Gasteiger partial charge in [-0.25, -0.2) is 0 Å². The van der Waals surface area contributed by atoms with Gasteiger partial charge in [0.15, 0.2) is 5.76 Å². The fourth-order valence-corrected chi connectivity index (χ4v) is 2.35. The molecule has 1 aromatic heterocycles. The fourth-order valence-electron chi connectivity index (χ4n) is 2.35. The van der Waals surface area contributed by atoms with Crippen LogP contribution in [-0.2, 0) is 0 Å². The second kappa shape index (κ2) is 3.44. The highest BCUT2D eigenvalue weighted by molar-refractivity contribution is 6.04. The molecule has 1 aromatic carbocycles. The van der Waals surface area contributed by atoms with E-state index in [2.05, 4.69) is 0 Å². The van der Waals surface area contributed by atoms with Crippen LogP contribution in [0, 0.1) is 6.92 Å². The molecule has 1 saturated carbocycles. The Balaban J connectivity index is 2.07. The monoisotopic (exact) mass is 229 g/mol. The summed E-state index contributed by atoms with van der Waals surface area (Å²) in [5.74, 6) is 0.343. The van der Waals surface area contributed by atoms with Crippen LogP contribution < -0.4 is 5.73 Å². The third-order valence-corrected chi connectivity index (χ3v) is 3.66. The van der Waals surface area contributed by atoms with Gasteiger partial charge in [0, 0.05) is 5.39 Å². The van der Waals surface area contributed by atoms with E-state index in [9.17, 15) is 4.79 Å². The van der Waals surface area contributed by atoms with Gasteiger partial charge >= 0.3 is 0 Å². The lowest BCUT2D eigenvalue weighted by atomic mass is 9.74. The van der Waals surface area contributed by atoms with Gasteiger partial charge in [-0.05, 0) is 37.8 Å². The fraction of sp³-hybridized carbons (Fsp3) is 0.357. The van der Waals surface area contributed by atoms with Crippen molar-refractivity contribution in [1.29, 1.82) is 0 Å². The van der Waals surface area contributed by atoms with E-state index in [0.29, 0.717) is 5.76 Å². The summed E-state index contributed by atoms with van der Waals surface area (Å²) in [6.45, 7) is 1.97. The number of furan rings is 1. The van der Waals surface area contributed by atoms with Crippen molar-refractivity contribution < 1.29 is 9.21 Å². The van der Waals surface area contributed by atoms with Crippen LogP contribution in [0.4, 0.5) is 0 Å². The molecular formula is C14H15NO2. The topological polar surface area (TPSA) is 56.2 Å². The Morgan fingerprint density at radius 1 is 1.41 bits per heavy atom. The molecule has 3 rings (SSSR count). The Morgan fingerprint density at radius 3 is 2.76 bits per heavy atom. The van der Waals surface area contributed by atoms with E-state index >= 15 is 0 Å². The average molecular weight is 229 g/mol. The lowest BCUT2D eigenvalue weighted by Gasteiger charge is -2.35. The summed E-state index contributed by atoms with van der Waals surface area (Å²) in [6.07, 6.45) is 2.56. The molecule has 0 unspecified atom stereocenters. The molecule has 88 valence electrons. The smallest absolute Gasteiger partial charge is 0.217 e. The number of ketones is 1. The molecule has 1 aliphatic rings. The van der Waals surface area contributed by atoms with Gasteiger partial charge in [0.2, 0.25) is 5.78 Å². The summed E-state index contributed by atoms with van der Waals surface area (Å²) in [5.41, 5.74) is 7.18. The number of fused-ring (bicyclic) bond motifs is 1. The number of aryl methyl sites for hydroxylation is 1. The Bertz CT molecular complexity index is 593. The van der Waals surface area contributed by atoms with Crippen molar-refractivity contribution >= 4 is 16.8 Å². The molecule has 0 bridgehead atoms. The molecule has 0 amide bonds. The molecule has 17 heavy (non-hydrogen) atoms. The van der Waals surface area contributed by atoms with Crippen LogP contribution in [-0.4, -0.2) is 11.3 Å². The van der Waals surface area contributed by atoms with E-state index in [1.165, 1.54) is 0 Å². The highest BCUT2D eigenvalue weighted by Crippen LogP contribution is 2.34. The van der Waals surface area contributed by atoms with Crippen molar-refractivity contribution in [2.75, 3.05) is 0 Å². The molecule has 0 spiro atoms. The molecular weight excluding hydrogens is 214 g/mol. The molecule has 0 saturated heterocycles. The van der Waals surface area contributed by atoms with E-state index in [1.807, 2.05) is 25.1 Å². The first-order valence-corrected chi connectivity index (χ1v) is 5.93. The van der Waals surface area contributed by atoms with Crippen molar-refractivity contribution in [2.45, 2.75) is 31.7 Å². The number of para-hydroxylation sites is 1. The van der Waals surface area contributed by atoms with E-state index in [4.69, 9.17) is 10.2 Å². The predicted molar refractivity (Wildman–Crippen MR) is 66.1 cm³/mol. The number of carbonyl (C=O) groups excluding carboxylic acids is 1. The van der Waals surface area contributed by atoms with Gasteiger partial charge in [-0.1, -0.05) is 18.2 Å². The first-order valence-electron chi connectivity index (χ1n) is 5.93. The maximum absolute atomic E-state index is 12.2. The Morgan fingerprint density at radius 2 is 2.18 bits per heavy atom. The molecule has 3 heteroatoms. The second-order valence-corrected chi connectivity index (χ2v) is 4.94. The number of benzene rings is 1. The lowest BCUT2D eigenvalue weighted by Crippen LogP contribution is -2.53. The number of rotatable bonds is 2. The molecule has 0 radical (unpaired) electrons. The zero-order chi connectivity index (χ0) is 12.0. The van der Waals surface area contributed by atoms with Crippen LogP contribution >= 0.6 is 0 Å². The summed E-state index contributed by atoms with van der Waals surface area (Å²) in [6, 6.07) is 7.69. The maximum atomic E-state index is 12.2. The van der Waals surface area contributed by atoms with Crippen molar-refractivity contribution in [3.63, 3.8) is 0 Å². The normalized spacial score (nSPS) is 18.0. The highest BCUT2D eigenvalue weighted by Gasteiger charge is 2.42. The molecule has 0 aliphatic heterocycles. The third-order valence-electron chi connectivity index (χ3n) is 3.66. The molecule has 2 N–H and O–H groups in total. The van der Waals surface area contributed by atoms with E-state index in [-0.39, 0.29) is 5.78 Å². The first kappa shape index (κ1) is 10.5. The average Bonchev–Trinajstić information content (AvgIpc) is 2.70. The SMILES string of the molecule is Cc1cccc2cc(C(=O)C3(N)CCC3)oc12. The van der Waals surface area contributed by atoms with Gasteiger partial charge in [0.05, 0.1) is 5.54 Å². The predicted octanol–water partition coefficient (Wildman–Crippen LogP) is 2.81. The summed E-state index contributed by atoms with van der Waals surface area (Å²) in [5, 5.41) is 0.969. The molecule has 2 aromatic rings. The molecule has 1 aliphatic carbocycles. The molecule has 1 fully saturated rings. The number of hydrogen-bond donors (Lipinski definition) is 1. The van der Waals surface area contributed by atoms with Crippen LogP contribution in [0.15, 0.2) is 28.7 Å². The van der Waals surface area contributed by atoms with Gasteiger partial charge in [-0.3, -0.25) is 4.79 Å². The van der Waals surface area contributed by atoms with Gasteiger partial charge < -0.3 is 10.2 Å². The minimum Gasteiger partial charge on any atom is -0.453 e. The quantitative estimate of drug-likeness (QED) is 0.805. The number of nitrogens with two attached hydrogens (primary N) is 1. The van der Waals surface area contributed by atoms with Crippen LogP contribution in [0.25, 0.3) is 11.0 Å².